The lowest BCUT2D eigenvalue weighted by Crippen LogP contribution is -2.59. The smallest absolute Gasteiger partial charge is 0.348 e. The molecule has 0 saturated heterocycles. The Labute approximate surface area is 358 Å². The van der Waals surface area contributed by atoms with E-state index in [-0.39, 0.29) is 54.0 Å². The number of benzene rings is 2. The summed E-state index contributed by atoms with van der Waals surface area (Å²) in [7, 11) is 1.46. The van der Waals surface area contributed by atoms with Crippen LogP contribution in [0.5, 0.6) is 0 Å². The average molecular weight is 828 g/mol. The Morgan fingerprint density at radius 1 is 0.803 bits per heavy atom. The van der Waals surface area contributed by atoms with Crippen molar-refractivity contribution in [2.75, 3.05) is 7.11 Å². The van der Waals surface area contributed by atoms with Crippen LogP contribution in [0.25, 0.3) is 22.1 Å². The largest absolute Gasteiger partial charge is 0.469 e. The number of rotatable bonds is 4. The molecule has 5 heterocycles. The van der Waals surface area contributed by atoms with Gasteiger partial charge in [-0.15, -0.1) is 0 Å². The fourth-order valence-electron chi connectivity index (χ4n) is 13.8. The average Bonchev–Trinajstić information content (AvgIpc) is 3.91. The molecule has 0 amide bonds. The van der Waals surface area contributed by atoms with Crippen LogP contribution in [0.4, 0.5) is 0 Å². The number of hydrogen-bond acceptors (Lipinski definition) is 7. The molecule has 4 fully saturated rings. The quantitative estimate of drug-likeness (QED) is 0.106. The third-order valence-corrected chi connectivity index (χ3v) is 16.7. The lowest BCUT2D eigenvalue weighted by atomic mass is 9.43. The van der Waals surface area contributed by atoms with Crippen molar-refractivity contribution in [1.29, 1.82) is 0 Å². The van der Waals surface area contributed by atoms with Crippen molar-refractivity contribution in [2.45, 2.75) is 123 Å². The van der Waals surface area contributed by atoms with E-state index in [0.717, 1.165) is 91.2 Å². The molecule has 2 aliphatic heterocycles. The summed E-state index contributed by atoms with van der Waals surface area (Å²) in [6.45, 7) is 8.57. The molecular formula is C50H61N5O6+2. The van der Waals surface area contributed by atoms with Gasteiger partial charge in [-0.1, -0.05) is 51.1 Å². The van der Waals surface area contributed by atoms with Crippen LogP contribution < -0.4 is 9.13 Å². The summed E-state index contributed by atoms with van der Waals surface area (Å²) in [6.07, 6.45) is 12.9. The van der Waals surface area contributed by atoms with Crippen LogP contribution in [-0.2, 0) is 54.8 Å². The standard InChI is InChI=1S/C50H61N5O6/c1-32(16-21-46(56)59-4)38-19-20-39-37-18-17-33-24-36-22-23-49(33,2)40(37)25-45(50(38,39)3)61-48(58)29-55-31-53(42-13-6-8-15-44(42)55)27-35-11-9-10-34(51-35)26-52-30-54(28-47(57)60-36)43-14-7-5-12-41(43)52/h5-15,30-33,36-40,45H,16-29H2,1-4H3/q+2/t32-,33-,36-,37+,38-,39+,40+,45+,49+,50-/m1/s1. The highest BCUT2D eigenvalue weighted by Gasteiger charge is 2.65. The summed E-state index contributed by atoms with van der Waals surface area (Å²) in [4.78, 5) is 45.8. The van der Waals surface area contributed by atoms with Crippen LogP contribution in [0.2, 0.25) is 0 Å². The van der Waals surface area contributed by atoms with Gasteiger partial charge < -0.3 is 14.2 Å². The fourth-order valence-corrected chi connectivity index (χ4v) is 13.8. The van der Waals surface area contributed by atoms with Gasteiger partial charge in [-0.3, -0.25) is 4.79 Å². The zero-order valence-electron chi connectivity index (χ0n) is 36.2. The minimum Gasteiger partial charge on any atom is -0.469 e. The molecule has 0 radical (unpaired) electrons. The molecule has 4 aliphatic carbocycles. The van der Waals surface area contributed by atoms with Gasteiger partial charge in [0.1, 0.15) is 25.3 Å². The first kappa shape index (κ1) is 40.0. The van der Waals surface area contributed by atoms with Gasteiger partial charge in [0.25, 0.3) is 0 Å². The molecule has 4 saturated carbocycles. The van der Waals surface area contributed by atoms with Gasteiger partial charge in [0.05, 0.1) is 18.5 Å². The van der Waals surface area contributed by atoms with E-state index in [1.807, 2.05) is 58.2 Å². The van der Waals surface area contributed by atoms with E-state index in [1.54, 1.807) is 0 Å². The summed E-state index contributed by atoms with van der Waals surface area (Å²) in [5, 5.41) is 0. The molecule has 11 heteroatoms. The highest BCUT2D eigenvalue weighted by Crippen LogP contribution is 2.69. The predicted molar refractivity (Wildman–Crippen MR) is 227 cm³/mol. The summed E-state index contributed by atoms with van der Waals surface area (Å²) in [5.41, 5.74) is 5.71. The van der Waals surface area contributed by atoms with Crippen LogP contribution in [0.15, 0.2) is 79.4 Å². The SMILES string of the molecule is COC(=O)CC[C@@H](C)[C@H]1CC[C@H]2[C@@H]3CC[C@@H]4C[C@H]5CC[C@]4(C)[C@H]3C[C@H](OC(=O)Cn3c[n+](c4ccccc43)Cc3cccc(n3)C[n+]3cn(c4ccccc43)CC(=O)O5)[C@]12C. The maximum Gasteiger partial charge on any atom is 0.348 e. The zero-order chi connectivity index (χ0) is 42.0. The number of carbonyl (C=O) groups excluding carboxylic acids is 3. The van der Waals surface area contributed by atoms with E-state index in [1.165, 1.54) is 7.11 Å². The molecule has 0 N–H and O–H groups in total. The Bertz CT molecular complexity index is 2490. The van der Waals surface area contributed by atoms with Gasteiger partial charge in [-0.25, -0.2) is 32.8 Å². The molecule has 10 atom stereocenters. The summed E-state index contributed by atoms with van der Waals surface area (Å²) in [5.74, 6) is 1.87. The number of esters is 3. The van der Waals surface area contributed by atoms with E-state index in [4.69, 9.17) is 19.2 Å². The summed E-state index contributed by atoms with van der Waals surface area (Å²) < 4.78 is 26.8. The Morgan fingerprint density at radius 2 is 1.44 bits per heavy atom. The van der Waals surface area contributed by atoms with Gasteiger partial charge in [0.2, 0.25) is 12.7 Å². The van der Waals surface area contributed by atoms with Gasteiger partial charge in [0, 0.05) is 11.8 Å². The Hall–Kier alpha value is -5.06. The molecule has 6 aliphatic rings. The first-order chi connectivity index (χ1) is 29.5. The van der Waals surface area contributed by atoms with E-state index >= 15 is 0 Å². The molecule has 320 valence electrons. The molecule has 5 aromatic rings. The Kier molecular flexibility index (Phi) is 10.3. The number of aromatic nitrogens is 5. The number of hydrogen-bond donors (Lipinski definition) is 0. The summed E-state index contributed by atoms with van der Waals surface area (Å²) >= 11 is 0. The first-order valence-electron chi connectivity index (χ1n) is 22.9. The number of methoxy groups -OCH3 is 1. The van der Waals surface area contributed by atoms with Crippen molar-refractivity contribution >= 4 is 40.0 Å². The number of pyridine rings is 1. The molecule has 0 unspecified atom stereocenters. The topological polar surface area (TPSA) is 109 Å². The van der Waals surface area contributed by atoms with Gasteiger partial charge in [0.15, 0.2) is 35.2 Å². The van der Waals surface area contributed by atoms with Crippen LogP contribution in [-0.4, -0.2) is 51.3 Å². The molecule has 61 heavy (non-hydrogen) atoms. The van der Waals surface area contributed by atoms with Gasteiger partial charge >= 0.3 is 17.9 Å². The Balaban J connectivity index is 1.02. The second-order valence-electron chi connectivity index (χ2n) is 19.7. The number of imidazole rings is 2. The third-order valence-electron chi connectivity index (χ3n) is 16.7. The molecule has 11 nitrogen and oxygen atoms in total. The maximum atomic E-state index is 14.5. The van der Waals surface area contributed by atoms with Crippen molar-refractivity contribution in [1.82, 2.24) is 14.1 Å². The molecular weight excluding hydrogens is 767 g/mol. The van der Waals surface area contributed by atoms with Crippen LogP contribution in [0, 0.1) is 46.3 Å². The second kappa shape index (κ2) is 15.7. The Morgan fingerprint density at radius 3 is 2.10 bits per heavy atom. The van der Waals surface area contributed by atoms with Crippen molar-refractivity contribution < 1.29 is 37.7 Å². The summed E-state index contributed by atoms with van der Waals surface area (Å²) in [6, 6.07) is 22.6. The molecule has 11 rings (SSSR count). The van der Waals surface area contributed by atoms with Crippen molar-refractivity contribution in [3.8, 4) is 0 Å². The van der Waals surface area contributed by atoms with Gasteiger partial charge in [-0.2, -0.15) is 0 Å². The zero-order valence-corrected chi connectivity index (χ0v) is 36.2. The lowest BCUT2D eigenvalue weighted by molar-refractivity contribution is -0.665. The van der Waals surface area contributed by atoms with E-state index in [0.29, 0.717) is 55.0 Å². The van der Waals surface area contributed by atoms with Crippen LogP contribution in [0.1, 0.15) is 96.4 Å². The highest BCUT2D eigenvalue weighted by molar-refractivity contribution is 5.77. The van der Waals surface area contributed by atoms with Gasteiger partial charge in [-0.05, 0) is 135 Å². The highest BCUT2D eigenvalue weighted by atomic mass is 16.5. The number of carbonyl (C=O) groups is 3. The monoisotopic (exact) mass is 827 g/mol. The van der Waals surface area contributed by atoms with Crippen molar-refractivity contribution in [3.05, 3.63) is 90.8 Å². The number of para-hydroxylation sites is 4. The van der Waals surface area contributed by atoms with E-state index < -0.39 is 0 Å². The molecule has 11 bridgehead atoms. The number of ether oxygens (including phenoxy) is 3. The molecule has 0 spiro atoms. The van der Waals surface area contributed by atoms with E-state index in [9.17, 15) is 14.4 Å². The third kappa shape index (κ3) is 7.04. The number of nitrogens with zero attached hydrogens (tertiary/aromatic N) is 5. The second-order valence-corrected chi connectivity index (χ2v) is 19.7. The normalized spacial score (nSPS) is 31.9. The lowest BCUT2D eigenvalue weighted by Gasteiger charge is -2.62. The van der Waals surface area contributed by atoms with Crippen molar-refractivity contribution in [3.63, 3.8) is 0 Å². The van der Waals surface area contributed by atoms with Crippen molar-refractivity contribution in [2.24, 2.45) is 46.3 Å². The van der Waals surface area contributed by atoms with Crippen LogP contribution in [0.3, 0.4) is 0 Å². The fraction of sp³-hybridized carbons (Fsp3) is 0.560. The van der Waals surface area contributed by atoms with E-state index in [2.05, 4.69) is 60.2 Å². The maximum absolute atomic E-state index is 14.5. The minimum atomic E-state index is -0.240. The molecule has 3 aromatic heterocycles. The predicted octanol–water partition coefficient (Wildman–Crippen LogP) is 7.36. The van der Waals surface area contributed by atoms with Crippen LogP contribution >= 0.6 is 0 Å². The first-order valence-corrected chi connectivity index (χ1v) is 22.9. The number of fused-ring (bicyclic) bond motifs is 9. The minimum absolute atomic E-state index is 0.0639. The molecule has 2 aromatic carbocycles.